The van der Waals surface area contributed by atoms with Crippen molar-refractivity contribution in [3.63, 3.8) is 0 Å². The van der Waals surface area contributed by atoms with Crippen molar-refractivity contribution in [3.05, 3.63) is 0 Å². The van der Waals surface area contributed by atoms with E-state index in [0.717, 1.165) is 6.92 Å². The highest BCUT2D eigenvalue weighted by atomic mass is 16.7. The summed E-state index contributed by atoms with van der Waals surface area (Å²) in [5.41, 5.74) is 0. The van der Waals surface area contributed by atoms with Gasteiger partial charge in [-0.2, -0.15) is 0 Å². The van der Waals surface area contributed by atoms with Gasteiger partial charge in [-0.05, 0) is 0 Å². The van der Waals surface area contributed by atoms with Gasteiger partial charge < -0.3 is 25.2 Å². The second-order valence-corrected chi connectivity index (χ2v) is 1.22. The van der Waals surface area contributed by atoms with Crippen LogP contribution in [0.2, 0.25) is 0 Å². The van der Waals surface area contributed by atoms with Crippen molar-refractivity contribution < 1.29 is 34.8 Å². The summed E-state index contributed by atoms with van der Waals surface area (Å²) in [7, 11) is 0. The van der Waals surface area contributed by atoms with E-state index in [1.807, 2.05) is 0 Å². The Hall–Kier alpha value is -1.34. The number of carboxylic acid groups (broad SMARTS) is 2. The highest BCUT2D eigenvalue weighted by Crippen LogP contribution is 1.78. The number of hydrogen-bond acceptors (Lipinski definition) is 5. The Kier molecular flexibility index (Phi) is 7.61. The molecule has 0 spiro atoms. The summed E-state index contributed by atoms with van der Waals surface area (Å²) in [5, 5.41) is 29.6. The van der Waals surface area contributed by atoms with Crippen LogP contribution in [0.5, 0.6) is 0 Å². The van der Waals surface area contributed by atoms with Gasteiger partial charge in [0.25, 0.3) is 0 Å². The molecule has 0 atom stereocenters. The molecule has 0 aromatic rings. The summed E-state index contributed by atoms with van der Waals surface area (Å²) < 4.78 is 3.72. The molecule has 7 heteroatoms. The molecule has 0 aliphatic rings. The van der Waals surface area contributed by atoms with Crippen molar-refractivity contribution in [2.24, 2.45) is 0 Å². The molecule has 7 nitrogen and oxygen atoms in total. The third kappa shape index (κ3) is 54.3. The number of aliphatic hydroxyl groups excluding tert-OH is 1. The van der Waals surface area contributed by atoms with Gasteiger partial charge in [0.1, 0.15) is 0 Å². The molecule has 0 heterocycles. The van der Waals surface area contributed by atoms with Crippen molar-refractivity contribution >= 4 is 12.1 Å². The van der Waals surface area contributed by atoms with Crippen LogP contribution < -0.4 is 0 Å². The Morgan fingerprint density at radius 1 is 1.27 bits per heavy atom. The van der Waals surface area contributed by atoms with Crippen LogP contribution in [0.25, 0.3) is 0 Å². The van der Waals surface area contributed by atoms with Gasteiger partial charge >= 0.3 is 18.6 Å². The Bertz CT molecular complexity index is 124. The van der Waals surface area contributed by atoms with Crippen LogP contribution in [-0.2, 0) is 9.53 Å². The van der Waals surface area contributed by atoms with E-state index < -0.39 is 18.6 Å². The zero-order valence-corrected chi connectivity index (χ0v) is 5.59. The molecule has 0 unspecified atom stereocenters. The second-order valence-electron chi connectivity index (χ2n) is 1.22. The van der Waals surface area contributed by atoms with Gasteiger partial charge in [-0.1, -0.05) is 0 Å². The number of carbonyl (C=O) groups is 2. The summed E-state index contributed by atoms with van der Waals surface area (Å²) in [4.78, 5) is 18.3. The minimum atomic E-state index is -1.97. The van der Waals surface area contributed by atoms with Crippen LogP contribution in [-0.4, -0.2) is 39.0 Å². The van der Waals surface area contributed by atoms with Gasteiger partial charge in [0, 0.05) is 6.92 Å². The Balaban J connectivity index is 0. The molecule has 0 aromatic carbocycles. The third-order valence-corrected chi connectivity index (χ3v) is 0.271. The first kappa shape index (κ1) is 12.3. The molecule has 0 rings (SSSR count). The van der Waals surface area contributed by atoms with Crippen molar-refractivity contribution in [2.75, 3.05) is 0 Å². The average Bonchev–Trinajstić information content (AvgIpc) is 1.56. The number of esters is 1. The average molecular weight is 168 g/mol. The van der Waals surface area contributed by atoms with Crippen molar-refractivity contribution in [1.29, 1.82) is 0 Å². The normalized spacial score (nSPS) is 8.00. The molecule has 0 saturated carbocycles. The van der Waals surface area contributed by atoms with E-state index in [9.17, 15) is 4.79 Å². The van der Waals surface area contributed by atoms with Gasteiger partial charge in [-0.15, -0.1) is 0 Å². The topological polar surface area (TPSA) is 124 Å². The lowest BCUT2D eigenvalue weighted by Crippen LogP contribution is -2.13. The van der Waals surface area contributed by atoms with E-state index in [1.54, 1.807) is 0 Å². The van der Waals surface area contributed by atoms with Gasteiger partial charge in [0.05, 0.1) is 0 Å². The molecule has 0 bridgehead atoms. The highest BCUT2D eigenvalue weighted by molar-refractivity contribution is 5.65. The SMILES string of the molecule is CC(=O)OC(O)O.O=C(O)O. The first-order chi connectivity index (χ1) is 4.86. The summed E-state index contributed by atoms with van der Waals surface area (Å²) in [6, 6.07) is 0. The van der Waals surface area contributed by atoms with E-state index in [0.29, 0.717) is 0 Å². The second kappa shape index (κ2) is 6.78. The number of aliphatic hydroxyl groups is 2. The minimum Gasteiger partial charge on any atom is -0.450 e. The third-order valence-electron chi connectivity index (χ3n) is 0.271. The lowest BCUT2D eigenvalue weighted by molar-refractivity contribution is -0.227. The number of ether oxygens (including phenoxy) is 1. The fourth-order valence-corrected chi connectivity index (χ4v) is 0.148. The molecular weight excluding hydrogens is 160 g/mol. The zero-order valence-electron chi connectivity index (χ0n) is 5.59. The summed E-state index contributed by atoms with van der Waals surface area (Å²) in [5.74, 6) is -0.713. The van der Waals surface area contributed by atoms with Crippen molar-refractivity contribution in [3.8, 4) is 0 Å². The molecule has 66 valence electrons. The van der Waals surface area contributed by atoms with Gasteiger partial charge in [-0.3, -0.25) is 4.79 Å². The molecule has 0 fully saturated rings. The highest BCUT2D eigenvalue weighted by Gasteiger charge is 1.97. The van der Waals surface area contributed by atoms with Crippen LogP contribution in [0.15, 0.2) is 0 Å². The quantitative estimate of drug-likeness (QED) is 0.293. The summed E-state index contributed by atoms with van der Waals surface area (Å²) in [6.07, 6.45) is -1.83. The van der Waals surface area contributed by atoms with E-state index >= 15 is 0 Å². The van der Waals surface area contributed by atoms with Crippen LogP contribution in [0.4, 0.5) is 4.79 Å². The maximum Gasteiger partial charge on any atom is 0.503 e. The number of rotatable bonds is 1. The minimum absolute atomic E-state index is 0.713. The Labute approximate surface area is 61.5 Å². The molecule has 4 N–H and O–H groups in total. The fraction of sp³-hybridized carbons (Fsp3) is 0.500. The Morgan fingerprint density at radius 2 is 1.55 bits per heavy atom. The van der Waals surface area contributed by atoms with Crippen LogP contribution in [0.3, 0.4) is 0 Å². The largest absolute Gasteiger partial charge is 0.503 e. The molecule has 11 heavy (non-hydrogen) atoms. The van der Waals surface area contributed by atoms with Gasteiger partial charge in [0.15, 0.2) is 0 Å². The first-order valence-corrected chi connectivity index (χ1v) is 2.31. The van der Waals surface area contributed by atoms with Crippen LogP contribution >= 0.6 is 0 Å². The molecular formula is C4H8O7. The standard InChI is InChI=1S/C3H6O4.CH2O3/c1-2(4)7-3(5)6;2-1(3)4/h3,5-6H,1H3;(H2,2,3,4). The van der Waals surface area contributed by atoms with E-state index in [1.165, 1.54) is 0 Å². The lowest BCUT2D eigenvalue weighted by Gasteiger charge is -1.99. The maximum atomic E-state index is 9.71. The fourth-order valence-electron chi connectivity index (χ4n) is 0.148. The van der Waals surface area contributed by atoms with Crippen molar-refractivity contribution in [2.45, 2.75) is 13.4 Å². The molecule has 0 saturated heterocycles. The van der Waals surface area contributed by atoms with E-state index in [2.05, 4.69) is 4.74 Å². The summed E-state index contributed by atoms with van der Waals surface area (Å²) >= 11 is 0. The maximum absolute atomic E-state index is 9.71. The first-order valence-electron chi connectivity index (χ1n) is 2.31. The number of hydrogen-bond donors (Lipinski definition) is 4. The molecule has 0 radical (unpaired) electrons. The smallest absolute Gasteiger partial charge is 0.450 e. The Morgan fingerprint density at radius 3 is 1.55 bits per heavy atom. The van der Waals surface area contributed by atoms with Crippen LogP contribution in [0.1, 0.15) is 6.92 Å². The monoisotopic (exact) mass is 168 g/mol. The van der Waals surface area contributed by atoms with E-state index in [4.69, 9.17) is 25.2 Å². The molecule has 0 aliphatic heterocycles. The summed E-state index contributed by atoms with van der Waals surface area (Å²) in [6.45, 7) is -0.892. The zero-order chi connectivity index (χ0) is 9.44. The van der Waals surface area contributed by atoms with Gasteiger partial charge in [-0.25, -0.2) is 4.79 Å². The predicted molar refractivity (Wildman–Crippen MR) is 30.6 cm³/mol. The molecule has 0 aliphatic carbocycles. The number of carbonyl (C=O) groups excluding carboxylic acids is 1. The van der Waals surface area contributed by atoms with Crippen molar-refractivity contribution in [1.82, 2.24) is 0 Å². The van der Waals surface area contributed by atoms with Gasteiger partial charge in [0.2, 0.25) is 0 Å². The lowest BCUT2D eigenvalue weighted by atomic mass is 10.8. The van der Waals surface area contributed by atoms with E-state index in [-0.39, 0.29) is 0 Å². The van der Waals surface area contributed by atoms with Crippen LogP contribution in [0, 0.1) is 0 Å². The predicted octanol–water partition coefficient (Wildman–Crippen LogP) is -0.960. The molecule has 0 aromatic heterocycles. The molecule has 0 amide bonds.